The minimum Gasteiger partial charge on any atom is -0.361 e. The molecule has 28 heavy (non-hydrogen) atoms. The van der Waals surface area contributed by atoms with Crippen LogP contribution in [0.15, 0.2) is 30.5 Å². The molecule has 2 amide bonds. The molecule has 0 unspecified atom stereocenters. The fourth-order valence-electron chi connectivity index (χ4n) is 4.45. The predicted octanol–water partition coefficient (Wildman–Crippen LogP) is 2.72. The van der Waals surface area contributed by atoms with Crippen LogP contribution in [0.3, 0.4) is 0 Å². The van der Waals surface area contributed by atoms with E-state index in [0.29, 0.717) is 25.7 Å². The van der Waals surface area contributed by atoms with Gasteiger partial charge < -0.3 is 14.8 Å². The first-order valence-electron chi connectivity index (χ1n) is 10.5. The first-order chi connectivity index (χ1) is 13.6. The van der Waals surface area contributed by atoms with Gasteiger partial charge in [0.2, 0.25) is 5.91 Å². The number of piperazine rings is 1. The normalized spacial score (nSPS) is 19.1. The van der Waals surface area contributed by atoms with E-state index in [1.807, 2.05) is 47.3 Å². The Morgan fingerprint density at radius 1 is 1.07 bits per heavy atom. The fourth-order valence-corrected chi connectivity index (χ4v) is 4.45. The highest BCUT2D eigenvalue weighted by Gasteiger charge is 2.27. The van der Waals surface area contributed by atoms with Gasteiger partial charge in [-0.05, 0) is 36.4 Å². The van der Waals surface area contributed by atoms with Gasteiger partial charge in [-0.3, -0.25) is 14.5 Å². The fraction of sp³-hybridized carbons (Fsp3) is 0.545. The van der Waals surface area contributed by atoms with Gasteiger partial charge in [0.1, 0.15) is 0 Å². The molecule has 2 fully saturated rings. The molecule has 1 aromatic heterocycles. The number of nitrogens with one attached hydrogen (secondary N) is 1. The summed E-state index contributed by atoms with van der Waals surface area (Å²) in [5.74, 6) is 0.283. The lowest BCUT2D eigenvalue weighted by Gasteiger charge is -2.37. The van der Waals surface area contributed by atoms with E-state index in [2.05, 4.69) is 9.88 Å². The molecule has 6 nitrogen and oxygen atoms in total. The zero-order valence-corrected chi connectivity index (χ0v) is 16.7. The number of aromatic amines is 1. The van der Waals surface area contributed by atoms with Crippen LogP contribution in [0.5, 0.6) is 0 Å². The number of likely N-dealkylation sites (N-methyl/N-ethyl adjacent to an activating group) is 1. The topological polar surface area (TPSA) is 59.7 Å². The second-order valence-electron chi connectivity index (χ2n) is 8.14. The minimum absolute atomic E-state index is 0.0711. The predicted molar refractivity (Wildman–Crippen MR) is 110 cm³/mol. The molecule has 1 saturated heterocycles. The lowest BCUT2D eigenvalue weighted by atomic mass is 9.94. The number of benzene rings is 1. The maximum absolute atomic E-state index is 12.8. The van der Waals surface area contributed by atoms with Crippen LogP contribution in [-0.2, 0) is 4.79 Å². The van der Waals surface area contributed by atoms with Crippen LogP contribution in [0.25, 0.3) is 10.9 Å². The third-order valence-electron chi connectivity index (χ3n) is 6.34. The smallest absolute Gasteiger partial charge is 0.254 e. The summed E-state index contributed by atoms with van der Waals surface area (Å²) in [5.41, 5.74) is 1.71. The number of carbonyl (C=O) groups is 2. The largest absolute Gasteiger partial charge is 0.361 e. The van der Waals surface area contributed by atoms with Crippen molar-refractivity contribution in [2.24, 2.45) is 0 Å². The third kappa shape index (κ3) is 4.07. The molecule has 2 heterocycles. The maximum Gasteiger partial charge on any atom is 0.254 e. The highest BCUT2D eigenvalue weighted by molar-refractivity contribution is 5.98. The van der Waals surface area contributed by atoms with Gasteiger partial charge in [0.15, 0.2) is 0 Å². The van der Waals surface area contributed by atoms with E-state index < -0.39 is 0 Å². The van der Waals surface area contributed by atoms with Gasteiger partial charge in [0.25, 0.3) is 5.91 Å². The number of fused-ring (bicyclic) bond motifs is 1. The average Bonchev–Trinajstić information content (AvgIpc) is 3.21. The van der Waals surface area contributed by atoms with E-state index in [4.69, 9.17) is 0 Å². The standard InChI is InChI=1S/C22H30N4O2/c1-24(19-5-3-2-4-6-19)21(27)16-25-11-13-26(14-12-25)22(28)18-8-7-17-9-10-23-20(17)15-18/h7-10,15,19,23H,2-6,11-14,16H2,1H3. The number of carbonyl (C=O) groups excluding carboxylic acids is 2. The van der Waals surface area contributed by atoms with Crippen molar-refractivity contribution < 1.29 is 9.59 Å². The molecule has 4 rings (SSSR count). The number of H-pyrrole nitrogens is 1. The van der Waals surface area contributed by atoms with Crippen LogP contribution in [0.4, 0.5) is 0 Å². The third-order valence-corrected chi connectivity index (χ3v) is 6.34. The van der Waals surface area contributed by atoms with E-state index >= 15 is 0 Å². The molecule has 0 radical (unpaired) electrons. The molecule has 1 N–H and O–H groups in total. The van der Waals surface area contributed by atoms with Gasteiger partial charge >= 0.3 is 0 Å². The first kappa shape index (κ1) is 19.0. The van der Waals surface area contributed by atoms with Crippen LogP contribution in [0.2, 0.25) is 0 Å². The van der Waals surface area contributed by atoms with Gasteiger partial charge in [-0.2, -0.15) is 0 Å². The molecule has 6 heteroatoms. The lowest BCUT2D eigenvalue weighted by Crippen LogP contribution is -2.52. The van der Waals surface area contributed by atoms with Crippen molar-refractivity contribution in [3.63, 3.8) is 0 Å². The van der Waals surface area contributed by atoms with Crippen LogP contribution in [0.1, 0.15) is 42.5 Å². The monoisotopic (exact) mass is 382 g/mol. The van der Waals surface area contributed by atoms with Gasteiger partial charge in [-0.15, -0.1) is 0 Å². The molecule has 1 aliphatic heterocycles. The van der Waals surface area contributed by atoms with Gasteiger partial charge in [-0.25, -0.2) is 0 Å². The Bertz CT molecular complexity index is 832. The van der Waals surface area contributed by atoms with Crippen LogP contribution < -0.4 is 0 Å². The van der Waals surface area contributed by atoms with Crippen molar-refractivity contribution in [1.29, 1.82) is 0 Å². The Morgan fingerprint density at radius 2 is 1.82 bits per heavy atom. The molecule has 0 spiro atoms. The first-order valence-corrected chi connectivity index (χ1v) is 10.5. The van der Waals surface area contributed by atoms with E-state index in [0.717, 1.165) is 42.4 Å². The number of nitrogens with zero attached hydrogens (tertiary/aromatic N) is 3. The Hall–Kier alpha value is -2.34. The minimum atomic E-state index is 0.0711. The number of hydrogen-bond donors (Lipinski definition) is 1. The summed E-state index contributed by atoms with van der Waals surface area (Å²) in [7, 11) is 1.95. The summed E-state index contributed by atoms with van der Waals surface area (Å²) >= 11 is 0. The van der Waals surface area contributed by atoms with Crippen molar-refractivity contribution >= 4 is 22.7 Å². The Morgan fingerprint density at radius 3 is 2.57 bits per heavy atom. The average molecular weight is 383 g/mol. The molecular formula is C22H30N4O2. The molecule has 0 bridgehead atoms. The quantitative estimate of drug-likeness (QED) is 0.885. The van der Waals surface area contributed by atoms with Crippen molar-refractivity contribution in [2.45, 2.75) is 38.1 Å². The van der Waals surface area contributed by atoms with E-state index in [1.165, 1.54) is 19.3 Å². The zero-order chi connectivity index (χ0) is 19.5. The molecule has 1 aromatic carbocycles. The number of aromatic nitrogens is 1. The molecular weight excluding hydrogens is 352 g/mol. The van der Waals surface area contributed by atoms with Crippen LogP contribution in [0, 0.1) is 0 Å². The lowest BCUT2D eigenvalue weighted by molar-refractivity contribution is -0.134. The van der Waals surface area contributed by atoms with Crippen molar-refractivity contribution in [3.05, 3.63) is 36.0 Å². The van der Waals surface area contributed by atoms with Gasteiger partial charge in [0.05, 0.1) is 6.54 Å². The van der Waals surface area contributed by atoms with Gasteiger partial charge in [-0.1, -0.05) is 25.3 Å². The highest BCUT2D eigenvalue weighted by atomic mass is 16.2. The molecule has 0 atom stereocenters. The molecule has 150 valence electrons. The molecule has 2 aliphatic rings. The Labute approximate surface area is 166 Å². The number of hydrogen-bond acceptors (Lipinski definition) is 3. The van der Waals surface area contributed by atoms with Crippen LogP contribution >= 0.6 is 0 Å². The summed E-state index contributed by atoms with van der Waals surface area (Å²) in [5, 5.41) is 1.11. The molecule has 1 saturated carbocycles. The maximum atomic E-state index is 12.8. The molecule has 1 aliphatic carbocycles. The summed E-state index contributed by atoms with van der Waals surface area (Å²) in [6, 6.07) is 8.21. The number of amides is 2. The van der Waals surface area contributed by atoms with Crippen LogP contribution in [-0.4, -0.2) is 77.3 Å². The SMILES string of the molecule is CN(C(=O)CN1CCN(C(=O)c2ccc3cc[nH]c3c2)CC1)C1CCCCC1. The van der Waals surface area contributed by atoms with Gasteiger partial charge in [0, 0.05) is 56.5 Å². The Kier molecular flexibility index (Phi) is 5.67. The highest BCUT2D eigenvalue weighted by Crippen LogP contribution is 2.22. The second kappa shape index (κ2) is 8.35. The number of rotatable bonds is 4. The Balaban J connectivity index is 1.29. The second-order valence-corrected chi connectivity index (χ2v) is 8.14. The van der Waals surface area contributed by atoms with Crippen molar-refractivity contribution in [2.75, 3.05) is 39.8 Å². The zero-order valence-electron chi connectivity index (χ0n) is 16.7. The van der Waals surface area contributed by atoms with Crippen molar-refractivity contribution in [3.8, 4) is 0 Å². The summed E-state index contributed by atoms with van der Waals surface area (Å²) in [4.78, 5) is 34.7. The van der Waals surface area contributed by atoms with Crippen molar-refractivity contribution in [1.82, 2.24) is 19.7 Å². The summed E-state index contributed by atoms with van der Waals surface area (Å²) < 4.78 is 0. The summed E-state index contributed by atoms with van der Waals surface area (Å²) in [6.07, 6.45) is 7.92. The summed E-state index contributed by atoms with van der Waals surface area (Å²) in [6.45, 7) is 3.30. The van der Waals surface area contributed by atoms with E-state index in [-0.39, 0.29) is 11.8 Å². The molecule has 2 aromatic rings. The van der Waals surface area contributed by atoms with E-state index in [9.17, 15) is 9.59 Å². The van der Waals surface area contributed by atoms with E-state index in [1.54, 1.807) is 0 Å².